The van der Waals surface area contributed by atoms with Crippen LogP contribution in [0.25, 0.3) is 11.6 Å². The van der Waals surface area contributed by atoms with E-state index in [2.05, 4.69) is 20.9 Å². The lowest BCUT2D eigenvalue weighted by Gasteiger charge is -2.29. The van der Waals surface area contributed by atoms with Gasteiger partial charge < -0.3 is 39.7 Å². The van der Waals surface area contributed by atoms with Crippen LogP contribution in [0.2, 0.25) is 0 Å². The minimum atomic E-state index is -1.31. The predicted octanol–water partition coefficient (Wildman–Crippen LogP) is 3.69. The number of amides is 2. The van der Waals surface area contributed by atoms with E-state index >= 15 is 0 Å². The highest BCUT2D eigenvalue weighted by atomic mass is 16.5. The first-order chi connectivity index (χ1) is 22.4. The number of benzene rings is 2. The first-order valence-corrected chi connectivity index (χ1v) is 15.6. The number of ether oxygens (including phenoxy) is 1. The zero-order valence-corrected chi connectivity index (χ0v) is 26.5. The van der Waals surface area contributed by atoms with E-state index in [0.29, 0.717) is 11.5 Å². The molecule has 3 aliphatic rings. The number of hydrogen-bond donors (Lipinski definition) is 5. The summed E-state index contributed by atoms with van der Waals surface area (Å²) >= 11 is 0. The van der Waals surface area contributed by atoms with Crippen LogP contribution in [0.15, 0.2) is 51.3 Å². The molecule has 4 bridgehead atoms. The van der Waals surface area contributed by atoms with Gasteiger partial charge in [-0.15, -0.1) is 0 Å². The van der Waals surface area contributed by atoms with Gasteiger partial charge in [0.1, 0.15) is 35.1 Å². The van der Waals surface area contributed by atoms with Gasteiger partial charge in [0, 0.05) is 17.7 Å². The Morgan fingerprint density at radius 1 is 1.04 bits per heavy atom. The summed E-state index contributed by atoms with van der Waals surface area (Å²) in [5.74, 6) is -1.93. The Kier molecular flexibility index (Phi) is 7.12. The number of aliphatic hydroxyl groups excluding tert-OH is 1. The minimum Gasteiger partial charge on any atom is -0.476 e. The topological polar surface area (TPSA) is 189 Å². The number of carbonyl (C=O) groups is 3. The van der Waals surface area contributed by atoms with E-state index in [0.717, 1.165) is 22.4 Å². The van der Waals surface area contributed by atoms with Crippen LogP contribution in [0.5, 0.6) is 5.75 Å². The van der Waals surface area contributed by atoms with E-state index in [9.17, 15) is 24.6 Å². The molecule has 244 valence electrons. The minimum absolute atomic E-state index is 0.0523. The van der Waals surface area contributed by atoms with Crippen molar-refractivity contribution in [2.45, 2.75) is 70.9 Å². The molecule has 2 unspecified atom stereocenters. The van der Waals surface area contributed by atoms with E-state index in [1.807, 2.05) is 56.3 Å². The summed E-state index contributed by atoms with van der Waals surface area (Å²) in [5, 5.41) is 29.5. The van der Waals surface area contributed by atoms with E-state index in [1.54, 1.807) is 13.8 Å². The third-order valence-electron chi connectivity index (χ3n) is 9.15. The molecule has 0 aliphatic carbocycles. The number of aromatic nitrogens is 2. The maximum Gasteiger partial charge on any atom is 0.358 e. The molecule has 1 spiro atoms. The van der Waals surface area contributed by atoms with Crippen LogP contribution in [-0.2, 0) is 21.4 Å². The maximum atomic E-state index is 13.9. The van der Waals surface area contributed by atoms with E-state index in [1.165, 1.54) is 6.92 Å². The largest absolute Gasteiger partial charge is 0.476 e. The van der Waals surface area contributed by atoms with Crippen molar-refractivity contribution >= 4 is 23.5 Å². The monoisotopic (exact) mass is 641 g/mol. The van der Waals surface area contributed by atoms with Gasteiger partial charge in [-0.1, -0.05) is 58.0 Å². The number of anilines is 1. The number of carboxylic acids is 1. The number of para-hydroxylation sites is 1. The molecule has 13 nitrogen and oxygen atoms in total. The Hall–Kier alpha value is -5.17. The molecule has 3 aliphatic heterocycles. The highest BCUT2D eigenvalue weighted by molar-refractivity contribution is 5.90. The molecule has 13 heteroatoms. The molecular weight excluding hydrogens is 606 g/mol. The zero-order valence-electron chi connectivity index (χ0n) is 26.5. The van der Waals surface area contributed by atoms with Crippen molar-refractivity contribution in [2.24, 2.45) is 11.8 Å². The van der Waals surface area contributed by atoms with Crippen LogP contribution in [-0.4, -0.2) is 56.3 Å². The van der Waals surface area contributed by atoms with Crippen LogP contribution in [0.4, 0.5) is 5.69 Å². The number of nitrogens with zero attached hydrogens (tertiary/aromatic N) is 2. The number of carbonyl (C=O) groups excluding carboxylic acids is 2. The number of hydrogen-bond acceptors (Lipinski definition) is 10. The second-order valence-corrected chi connectivity index (χ2v) is 13.0. The van der Waals surface area contributed by atoms with Gasteiger partial charge in [0.25, 0.3) is 0 Å². The standard InChI is InChI=1S/C34H35N5O8/c1-14(2)23-30-39-25(31-38-24(32(43)44)16(5)45-31)27(47-30)34-18-8-6-7-9-20(18)36-33(34)46-22-11-10-17(12-19(22)34)13-21(28(41)37-23)35-29(42)26(40)15(3)4/h6-12,14-15,21,23,26,33,36,40H,13H2,1-5H3,(H,35,42)(H,37,41)(H,43,44)/t21-,23-,26-,33?,34?/m0/s1. The van der Waals surface area contributed by atoms with Crippen molar-refractivity contribution in [2.75, 3.05) is 5.32 Å². The highest BCUT2D eigenvalue weighted by Crippen LogP contribution is 2.59. The van der Waals surface area contributed by atoms with Gasteiger partial charge in [0.2, 0.25) is 23.6 Å². The fraction of sp³-hybridized carbons (Fsp3) is 0.382. The quantitative estimate of drug-likeness (QED) is 0.207. The lowest BCUT2D eigenvalue weighted by Crippen LogP contribution is -2.52. The van der Waals surface area contributed by atoms with Crippen molar-refractivity contribution in [1.29, 1.82) is 0 Å². The van der Waals surface area contributed by atoms with Crippen LogP contribution in [0, 0.1) is 18.8 Å². The van der Waals surface area contributed by atoms with Crippen molar-refractivity contribution in [1.82, 2.24) is 20.6 Å². The number of aliphatic hydroxyl groups is 1. The lowest BCUT2D eigenvalue weighted by atomic mass is 9.72. The molecule has 2 amide bonds. The van der Waals surface area contributed by atoms with Crippen LogP contribution >= 0.6 is 0 Å². The summed E-state index contributed by atoms with van der Waals surface area (Å²) in [7, 11) is 0. The first-order valence-electron chi connectivity index (χ1n) is 15.6. The van der Waals surface area contributed by atoms with Gasteiger partial charge in [0.15, 0.2) is 23.4 Å². The molecular formula is C34H35N5O8. The Bertz CT molecular complexity index is 1930. The van der Waals surface area contributed by atoms with Gasteiger partial charge >= 0.3 is 5.97 Å². The second kappa shape index (κ2) is 11.0. The van der Waals surface area contributed by atoms with Crippen molar-refractivity contribution in [3.05, 3.63) is 82.3 Å². The Morgan fingerprint density at radius 2 is 1.81 bits per heavy atom. The molecule has 47 heavy (non-hydrogen) atoms. The molecule has 2 aromatic heterocycles. The molecule has 5 heterocycles. The third-order valence-corrected chi connectivity index (χ3v) is 9.15. The Morgan fingerprint density at radius 3 is 2.51 bits per heavy atom. The molecule has 0 fully saturated rings. The molecule has 0 saturated heterocycles. The summed E-state index contributed by atoms with van der Waals surface area (Å²) in [6.07, 6.45) is -1.87. The zero-order chi connectivity index (χ0) is 33.4. The highest BCUT2D eigenvalue weighted by Gasteiger charge is 2.61. The average molecular weight is 642 g/mol. The Labute approximate surface area is 269 Å². The number of fused-ring (bicyclic) bond motifs is 4. The number of aryl methyl sites for hydroxylation is 1. The molecule has 0 saturated carbocycles. The predicted molar refractivity (Wildman–Crippen MR) is 167 cm³/mol. The first kappa shape index (κ1) is 30.5. The van der Waals surface area contributed by atoms with Crippen LogP contribution in [0.1, 0.15) is 78.3 Å². The van der Waals surface area contributed by atoms with Crippen LogP contribution in [0.3, 0.4) is 0 Å². The van der Waals surface area contributed by atoms with Crippen molar-refractivity contribution < 1.29 is 38.2 Å². The fourth-order valence-corrected chi connectivity index (χ4v) is 6.70. The summed E-state index contributed by atoms with van der Waals surface area (Å²) in [6.45, 7) is 8.73. The number of rotatable bonds is 6. The number of carboxylic acid groups (broad SMARTS) is 1. The van der Waals surface area contributed by atoms with Gasteiger partial charge in [-0.25, -0.2) is 14.8 Å². The lowest BCUT2D eigenvalue weighted by molar-refractivity contribution is -0.135. The van der Waals surface area contributed by atoms with Gasteiger partial charge in [-0.2, -0.15) is 0 Å². The van der Waals surface area contributed by atoms with Crippen molar-refractivity contribution in [3.8, 4) is 17.3 Å². The third kappa shape index (κ3) is 4.67. The molecule has 2 aromatic carbocycles. The molecule has 5 atom stereocenters. The summed E-state index contributed by atoms with van der Waals surface area (Å²) in [4.78, 5) is 48.1. The SMILES string of the molecule is Cc1oc(-c2nc3oc2C24c5ccccc5NC2Oc2ccc(cc24)C[C@H](NC(=O)[C@@H](O)C(C)C)C(=O)N[C@H]3C(C)C)nc1C(=O)O. The molecule has 7 rings (SSSR count). The normalized spacial score (nSPS) is 23.1. The Balaban J connectivity index is 1.49. The maximum absolute atomic E-state index is 13.9. The fourth-order valence-electron chi connectivity index (χ4n) is 6.70. The summed E-state index contributed by atoms with van der Waals surface area (Å²) in [5.41, 5.74) is 1.86. The smallest absolute Gasteiger partial charge is 0.358 e. The summed E-state index contributed by atoms with van der Waals surface area (Å²) < 4.78 is 19.2. The van der Waals surface area contributed by atoms with Crippen LogP contribution < -0.4 is 20.7 Å². The second-order valence-electron chi connectivity index (χ2n) is 13.0. The van der Waals surface area contributed by atoms with E-state index < -0.39 is 47.6 Å². The van der Waals surface area contributed by atoms with Gasteiger partial charge in [0.05, 0.1) is 0 Å². The van der Waals surface area contributed by atoms with Crippen molar-refractivity contribution in [3.63, 3.8) is 0 Å². The number of aromatic carboxylic acids is 1. The number of oxazole rings is 2. The number of nitrogens with one attached hydrogen (secondary N) is 3. The molecule has 4 aromatic rings. The van der Waals surface area contributed by atoms with Gasteiger partial charge in [-0.3, -0.25) is 9.59 Å². The summed E-state index contributed by atoms with van der Waals surface area (Å²) in [6, 6.07) is 11.5. The molecule has 0 radical (unpaired) electrons. The van der Waals surface area contributed by atoms with Gasteiger partial charge in [-0.05, 0) is 42.0 Å². The average Bonchev–Trinajstić information content (AvgIpc) is 3.78. The van der Waals surface area contributed by atoms with E-state index in [4.69, 9.17) is 18.6 Å². The molecule has 5 N–H and O–H groups in total. The van der Waals surface area contributed by atoms with E-state index in [-0.39, 0.29) is 47.2 Å².